The van der Waals surface area contributed by atoms with Crippen LogP contribution >= 0.6 is 0 Å². The first-order valence-corrected chi connectivity index (χ1v) is 12.4. The minimum atomic E-state index is -2.24. The molecule has 5 rings (SSSR count). The highest BCUT2D eigenvalue weighted by Crippen LogP contribution is 2.52. The molecule has 0 bridgehead atoms. The topological polar surface area (TPSA) is 206 Å². The lowest BCUT2D eigenvalue weighted by Crippen LogP contribution is -2.53. The maximum absolute atomic E-state index is 13.6. The van der Waals surface area contributed by atoms with E-state index in [1.165, 1.54) is 25.3 Å². The molecular weight excluding hydrogens is 514 g/mol. The number of Topliss-reactive ketones (excluding diaryl/α,β-unsaturated/α-hetero) is 1. The summed E-state index contributed by atoms with van der Waals surface area (Å²) in [4.78, 5) is 39.7. The minimum absolute atomic E-state index is 0.0173. The first-order valence-electron chi connectivity index (χ1n) is 12.4. The van der Waals surface area contributed by atoms with Crippen molar-refractivity contribution in [3.8, 4) is 17.2 Å². The summed E-state index contributed by atoms with van der Waals surface area (Å²) in [7, 11) is 1.32. The number of hydrogen-bond donors (Lipinski definition) is 6. The molecule has 0 saturated carbocycles. The summed E-state index contributed by atoms with van der Waals surface area (Å²) in [5, 5.41) is 53.7. The van der Waals surface area contributed by atoms with E-state index < -0.39 is 95.7 Å². The molecule has 208 valence electrons. The van der Waals surface area contributed by atoms with Crippen LogP contribution in [0.2, 0.25) is 0 Å². The lowest BCUT2D eigenvalue weighted by molar-refractivity contribution is -0.247. The predicted octanol–water partition coefficient (Wildman–Crippen LogP) is 0.00130. The Morgan fingerprint density at radius 2 is 1.85 bits per heavy atom. The second kappa shape index (κ2) is 9.66. The highest BCUT2D eigenvalue weighted by Gasteiger charge is 2.50. The van der Waals surface area contributed by atoms with Crippen molar-refractivity contribution in [2.45, 2.75) is 62.4 Å². The number of aromatic hydroxyl groups is 2. The lowest BCUT2D eigenvalue weighted by Gasteiger charge is -2.42. The SMILES string of the molecule is COc1cccc2c1C(=O)c1c(O)c3c(c(O)c1C2=O)C[C@@](O)(C(=O)CO)CC3O[C@H]1CC(N)[C@H](O)[C@H](C)O1. The summed E-state index contributed by atoms with van der Waals surface area (Å²) in [6, 6.07) is 3.64. The van der Waals surface area contributed by atoms with Gasteiger partial charge in [0.1, 0.15) is 29.5 Å². The number of methoxy groups -OCH3 is 1. The number of ether oxygens (including phenoxy) is 3. The van der Waals surface area contributed by atoms with Gasteiger partial charge >= 0.3 is 0 Å². The van der Waals surface area contributed by atoms with Gasteiger partial charge in [0, 0.05) is 42.0 Å². The van der Waals surface area contributed by atoms with Crippen molar-refractivity contribution in [2.75, 3.05) is 13.7 Å². The number of fused-ring (bicyclic) bond motifs is 3. The Morgan fingerprint density at radius 1 is 1.15 bits per heavy atom. The van der Waals surface area contributed by atoms with E-state index in [1.54, 1.807) is 6.92 Å². The predicted molar refractivity (Wildman–Crippen MR) is 132 cm³/mol. The van der Waals surface area contributed by atoms with Crippen LogP contribution in [0.1, 0.15) is 68.8 Å². The third kappa shape index (κ3) is 4.11. The quantitative estimate of drug-likeness (QED) is 0.235. The molecule has 7 N–H and O–H groups in total. The van der Waals surface area contributed by atoms with Gasteiger partial charge in [0.25, 0.3) is 0 Å². The average molecular weight is 544 g/mol. The summed E-state index contributed by atoms with van der Waals surface area (Å²) in [6.45, 7) is 0.560. The van der Waals surface area contributed by atoms with Crippen LogP contribution in [0.4, 0.5) is 0 Å². The average Bonchev–Trinajstić information content (AvgIpc) is 2.90. The smallest absolute Gasteiger partial charge is 0.202 e. The molecule has 1 heterocycles. The van der Waals surface area contributed by atoms with E-state index in [0.717, 1.165) is 0 Å². The zero-order valence-corrected chi connectivity index (χ0v) is 21.2. The number of hydrogen-bond acceptors (Lipinski definition) is 12. The van der Waals surface area contributed by atoms with Gasteiger partial charge in [-0.1, -0.05) is 12.1 Å². The third-order valence-electron chi connectivity index (χ3n) is 7.81. The van der Waals surface area contributed by atoms with E-state index in [0.29, 0.717) is 0 Å². The zero-order valence-electron chi connectivity index (χ0n) is 21.2. The Morgan fingerprint density at radius 3 is 2.49 bits per heavy atom. The number of aliphatic hydroxyl groups is 3. The molecule has 0 amide bonds. The van der Waals surface area contributed by atoms with Gasteiger partial charge in [0.2, 0.25) is 5.78 Å². The molecule has 0 aromatic heterocycles. The van der Waals surface area contributed by atoms with Gasteiger partial charge in [-0.05, 0) is 13.0 Å². The van der Waals surface area contributed by atoms with Gasteiger partial charge in [0.05, 0.1) is 42.1 Å². The number of carbonyl (C=O) groups excluding carboxylic acids is 3. The van der Waals surface area contributed by atoms with Crippen LogP contribution in [-0.2, 0) is 20.7 Å². The Labute approximate surface area is 222 Å². The second-order valence-corrected chi connectivity index (χ2v) is 10.2. The zero-order chi connectivity index (χ0) is 28.4. The monoisotopic (exact) mass is 543 g/mol. The summed E-state index contributed by atoms with van der Waals surface area (Å²) >= 11 is 0. The lowest BCUT2D eigenvalue weighted by atomic mass is 9.72. The fourth-order valence-corrected chi connectivity index (χ4v) is 5.75. The Hall–Kier alpha value is -3.39. The van der Waals surface area contributed by atoms with Crippen LogP contribution in [0.25, 0.3) is 0 Å². The molecule has 2 unspecified atom stereocenters. The maximum Gasteiger partial charge on any atom is 0.202 e. The molecule has 1 fully saturated rings. The Kier molecular flexibility index (Phi) is 6.74. The second-order valence-electron chi connectivity index (χ2n) is 10.2. The van der Waals surface area contributed by atoms with Crippen molar-refractivity contribution in [2.24, 2.45) is 5.73 Å². The van der Waals surface area contributed by atoms with Crippen LogP contribution in [0.15, 0.2) is 18.2 Å². The standard InChI is InChI=1S/C27H29NO11/c1-10-22(31)13(28)6-17(38-10)39-15-8-27(36,16(30)9-29)7-12-19(15)26(35)21-20(24(12)33)23(32)11-4-3-5-14(37-2)18(11)25(21)34/h3-5,10,13,15,17,22,29,31,33,35-36H,6-9,28H2,1-2H3/t10-,13?,15?,17-,22+,27-/m0/s1. The summed E-state index contributed by atoms with van der Waals surface area (Å²) in [5.74, 6) is -3.77. The number of carbonyl (C=O) groups is 3. The number of benzene rings is 2. The molecule has 3 aliphatic rings. The van der Waals surface area contributed by atoms with Gasteiger partial charge in [-0.15, -0.1) is 0 Å². The number of phenols is 2. The van der Waals surface area contributed by atoms with Crippen molar-refractivity contribution in [1.82, 2.24) is 0 Å². The Balaban J connectivity index is 1.69. The highest BCUT2D eigenvalue weighted by atomic mass is 16.7. The molecule has 0 spiro atoms. The first kappa shape index (κ1) is 27.2. The fraction of sp³-hybridized carbons (Fsp3) is 0.444. The van der Waals surface area contributed by atoms with Gasteiger partial charge < -0.3 is 45.5 Å². The molecule has 39 heavy (non-hydrogen) atoms. The normalized spacial score (nSPS) is 29.8. The highest BCUT2D eigenvalue weighted by molar-refractivity contribution is 6.31. The molecule has 12 heteroatoms. The number of aliphatic hydroxyl groups excluding tert-OH is 2. The minimum Gasteiger partial charge on any atom is -0.507 e. The molecule has 1 aliphatic heterocycles. The molecule has 1 saturated heterocycles. The molecule has 6 atom stereocenters. The number of phenolic OH excluding ortho intramolecular Hbond substituents is 2. The van der Waals surface area contributed by atoms with Crippen LogP contribution in [-0.4, -0.2) is 86.7 Å². The van der Waals surface area contributed by atoms with Crippen molar-refractivity contribution in [3.63, 3.8) is 0 Å². The molecule has 0 radical (unpaired) electrons. The maximum atomic E-state index is 13.6. The largest absolute Gasteiger partial charge is 0.507 e. The van der Waals surface area contributed by atoms with E-state index in [4.69, 9.17) is 19.9 Å². The van der Waals surface area contributed by atoms with E-state index >= 15 is 0 Å². The summed E-state index contributed by atoms with van der Waals surface area (Å²) in [5.41, 5.74) is 2.37. The van der Waals surface area contributed by atoms with Crippen LogP contribution in [0, 0.1) is 0 Å². The number of nitrogens with two attached hydrogens (primary N) is 1. The first-order chi connectivity index (χ1) is 18.4. The van der Waals surface area contributed by atoms with E-state index in [2.05, 4.69) is 0 Å². The van der Waals surface area contributed by atoms with E-state index in [1.807, 2.05) is 0 Å². The van der Waals surface area contributed by atoms with Crippen LogP contribution < -0.4 is 10.5 Å². The molecule has 2 aliphatic carbocycles. The van der Waals surface area contributed by atoms with E-state index in [9.17, 15) is 39.9 Å². The van der Waals surface area contributed by atoms with Gasteiger partial charge in [0.15, 0.2) is 17.9 Å². The molecular formula is C27H29NO11. The molecule has 12 nitrogen and oxygen atoms in total. The fourth-order valence-electron chi connectivity index (χ4n) is 5.75. The number of rotatable bonds is 5. The van der Waals surface area contributed by atoms with Crippen molar-refractivity contribution < 1.29 is 54.1 Å². The summed E-state index contributed by atoms with van der Waals surface area (Å²) < 4.78 is 17.0. The summed E-state index contributed by atoms with van der Waals surface area (Å²) in [6.07, 6.45) is -5.12. The Bertz CT molecular complexity index is 1380. The number of ketones is 3. The van der Waals surface area contributed by atoms with E-state index in [-0.39, 0.29) is 34.4 Å². The van der Waals surface area contributed by atoms with Crippen LogP contribution in [0.5, 0.6) is 17.2 Å². The van der Waals surface area contributed by atoms with Crippen molar-refractivity contribution in [1.29, 1.82) is 0 Å². The van der Waals surface area contributed by atoms with Crippen molar-refractivity contribution in [3.05, 3.63) is 51.6 Å². The third-order valence-corrected chi connectivity index (χ3v) is 7.81. The van der Waals surface area contributed by atoms with Gasteiger partial charge in [-0.25, -0.2) is 0 Å². The molecule has 2 aromatic rings. The van der Waals surface area contributed by atoms with Gasteiger partial charge in [-0.2, -0.15) is 0 Å². The van der Waals surface area contributed by atoms with Crippen LogP contribution in [0.3, 0.4) is 0 Å². The van der Waals surface area contributed by atoms with Gasteiger partial charge in [-0.3, -0.25) is 14.4 Å². The molecule has 2 aromatic carbocycles. The van der Waals surface area contributed by atoms with Crippen molar-refractivity contribution >= 4 is 17.3 Å².